The van der Waals surface area contributed by atoms with Gasteiger partial charge >= 0.3 is 0 Å². The van der Waals surface area contributed by atoms with Crippen molar-refractivity contribution in [1.82, 2.24) is 0 Å². The molecule has 1 aromatic carbocycles. The minimum Gasteiger partial charge on any atom is -0.298 e. The zero-order valence-electron chi connectivity index (χ0n) is 5.54. The molecule has 0 saturated heterocycles. The lowest BCUT2D eigenvalue weighted by Gasteiger charge is -1.94. The molecule has 0 radical (unpaired) electrons. The Morgan fingerprint density at radius 3 is 2.73 bits per heavy atom. The number of aldehydes is 1. The number of nitrogens with zero attached hydrogens (tertiary/aromatic N) is 1. The Bertz CT molecular complexity index is 327. The largest absolute Gasteiger partial charge is 0.298 e. The maximum Gasteiger partial charge on any atom is 0.154 e. The normalized spacial score (nSPS) is 8.73. The van der Waals surface area contributed by atoms with Gasteiger partial charge in [-0.2, -0.15) is 5.26 Å². The van der Waals surface area contributed by atoms with E-state index in [1.165, 1.54) is 12.1 Å². The van der Waals surface area contributed by atoms with Crippen LogP contribution in [0.15, 0.2) is 18.2 Å². The zero-order valence-corrected chi connectivity index (χ0v) is 5.54. The molecule has 0 bridgehead atoms. The topological polar surface area (TPSA) is 40.9 Å². The first-order valence-electron chi connectivity index (χ1n) is 2.93. The summed E-state index contributed by atoms with van der Waals surface area (Å²) in [5.41, 5.74) is -0.102. The molecule has 0 spiro atoms. The maximum atomic E-state index is 12.7. The summed E-state index contributed by atoms with van der Waals surface area (Å²) >= 11 is 0. The first-order valence-corrected chi connectivity index (χ1v) is 2.93. The Morgan fingerprint density at radius 2 is 2.27 bits per heavy atom. The predicted molar refractivity (Wildman–Crippen MR) is 36.5 cm³/mol. The molecule has 0 aliphatic carbocycles. The van der Waals surface area contributed by atoms with Crippen LogP contribution in [0.4, 0.5) is 4.39 Å². The molecule has 0 fully saturated rings. The van der Waals surface area contributed by atoms with Crippen LogP contribution < -0.4 is 0 Å². The van der Waals surface area contributed by atoms with E-state index in [1.807, 2.05) is 0 Å². The maximum absolute atomic E-state index is 12.7. The van der Waals surface area contributed by atoms with Gasteiger partial charge in [-0.15, -0.1) is 0 Å². The number of carbonyl (C=O) groups excluding carboxylic acids is 1. The van der Waals surface area contributed by atoms with Gasteiger partial charge in [-0.3, -0.25) is 4.79 Å². The van der Waals surface area contributed by atoms with Crippen LogP contribution in [0.1, 0.15) is 15.9 Å². The highest BCUT2D eigenvalue weighted by Gasteiger charge is 2.04. The monoisotopic (exact) mass is 149 g/mol. The summed E-state index contributed by atoms with van der Waals surface area (Å²) in [5.74, 6) is -0.654. The van der Waals surface area contributed by atoms with E-state index >= 15 is 0 Å². The Kier molecular flexibility index (Phi) is 1.98. The van der Waals surface area contributed by atoms with Crippen LogP contribution in [0.5, 0.6) is 0 Å². The summed E-state index contributed by atoms with van der Waals surface area (Å²) in [6.07, 6.45) is 0.341. The van der Waals surface area contributed by atoms with Crippen LogP contribution in [0, 0.1) is 17.1 Å². The Hall–Kier alpha value is -1.69. The van der Waals surface area contributed by atoms with E-state index in [1.54, 1.807) is 6.07 Å². The molecule has 0 aliphatic rings. The van der Waals surface area contributed by atoms with E-state index in [9.17, 15) is 9.18 Å². The summed E-state index contributed by atoms with van der Waals surface area (Å²) in [7, 11) is 0. The number of rotatable bonds is 1. The van der Waals surface area contributed by atoms with Crippen LogP contribution in [0.2, 0.25) is 0 Å². The Labute approximate surface area is 62.9 Å². The van der Waals surface area contributed by atoms with Crippen molar-refractivity contribution in [2.24, 2.45) is 0 Å². The average Bonchev–Trinajstić information content (AvgIpc) is 2.04. The number of hydrogen-bond donors (Lipinski definition) is 0. The van der Waals surface area contributed by atoms with E-state index in [-0.39, 0.29) is 11.1 Å². The number of benzene rings is 1. The highest BCUT2D eigenvalue weighted by Crippen LogP contribution is 2.09. The molecule has 2 nitrogen and oxygen atoms in total. The van der Waals surface area contributed by atoms with Crippen molar-refractivity contribution in [2.75, 3.05) is 0 Å². The third-order valence-electron chi connectivity index (χ3n) is 1.29. The van der Waals surface area contributed by atoms with Crippen LogP contribution >= 0.6 is 0 Å². The summed E-state index contributed by atoms with van der Waals surface area (Å²) in [4.78, 5) is 10.2. The molecule has 0 heterocycles. The minimum absolute atomic E-state index is 0.0694. The van der Waals surface area contributed by atoms with Gasteiger partial charge in [-0.1, -0.05) is 6.07 Å². The van der Waals surface area contributed by atoms with Gasteiger partial charge in [0.2, 0.25) is 0 Å². The molecule has 0 amide bonds. The summed E-state index contributed by atoms with van der Waals surface area (Å²) in [5, 5.41) is 8.40. The van der Waals surface area contributed by atoms with E-state index in [0.717, 1.165) is 6.07 Å². The van der Waals surface area contributed by atoms with Crippen LogP contribution in [0.3, 0.4) is 0 Å². The fourth-order valence-electron chi connectivity index (χ4n) is 0.754. The van der Waals surface area contributed by atoms with Gasteiger partial charge in [0.1, 0.15) is 5.82 Å². The summed E-state index contributed by atoms with van der Waals surface area (Å²) in [6, 6.07) is 5.64. The highest BCUT2D eigenvalue weighted by molar-refractivity contribution is 5.79. The van der Waals surface area contributed by atoms with Crippen molar-refractivity contribution in [3.63, 3.8) is 0 Å². The number of carbonyl (C=O) groups is 1. The lowest BCUT2D eigenvalue weighted by Crippen LogP contribution is -1.91. The summed E-state index contributed by atoms with van der Waals surface area (Å²) in [6.45, 7) is 0. The second kappa shape index (κ2) is 2.93. The predicted octanol–water partition coefficient (Wildman–Crippen LogP) is 1.51. The molecular weight excluding hydrogens is 145 g/mol. The van der Waals surface area contributed by atoms with E-state index in [2.05, 4.69) is 0 Å². The standard InChI is InChI=1S/C8H4FNO/c9-8-3-1-2-6(4-10)7(8)5-11/h1-3,5H. The van der Waals surface area contributed by atoms with E-state index in [4.69, 9.17) is 5.26 Å². The molecule has 1 aromatic rings. The fraction of sp³-hybridized carbons (Fsp3) is 0. The quantitative estimate of drug-likeness (QED) is 0.568. The average molecular weight is 149 g/mol. The molecular formula is C8H4FNO. The zero-order chi connectivity index (χ0) is 8.27. The first-order chi connectivity index (χ1) is 5.29. The molecule has 0 atom stereocenters. The number of nitriles is 1. The van der Waals surface area contributed by atoms with Gasteiger partial charge in [-0.25, -0.2) is 4.39 Å². The fourth-order valence-corrected chi connectivity index (χ4v) is 0.754. The third-order valence-corrected chi connectivity index (χ3v) is 1.29. The van der Waals surface area contributed by atoms with Gasteiger partial charge in [0.25, 0.3) is 0 Å². The van der Waals surface area contributed by atoms with Gasteiger partial charge in [-0.05, 0) is 12.1 Å². The molecule has 0 N–H and O–H groups in total. The van der Waals surface area contributed by atoms with Crippen LogP contribution in [-0.4, -0.2) is 6.29 Å². The molecule has 0 saturated carbocycles. The SMILES string of the molecule is N#Cc1cccc(F)c1C=O. The van der Waals surface area contributed by atoms with E-state index in [0.29, 0.717) is 6.29 Å². The van der Waals surface area contributed by atoms with Gasteiger partial charge in [0, 0.05) is 0 Å². The second-order valence-corrected chi connectivity index (χ2v) is 1.93. The Balaban J connectivity index is 3.38. The molecule has 1 rings (SSSR count). The van der Waals surface area contributed by atoms with Crippen LogP contribution in [-0.2, 0) is 0 Å². The molecule has 0 unspecified atom stereocenters. The van der Waals surface area contributed by atoms with Crippen molar-refractivity contribution < 1.29 is 9.18 Å². The van der Waals surface area contributed by atoms with Gasteiger partial charge in [0.05, 0.1) is 17.2 Å². The first kappa shape index (κ1) is 7.42. The second-order valence-electron chi connectivity index (χ2n) is 1.93. The number of hydrogen-bond acceptors (Lipinski definition) is 2. The number of halogens is 1. The molecule has 0 aromatic heterocycles. The minimum atomic E-state index is -0.654. The van der Waals surface area contributed by atoms with Gasteiger partial charge < -0.3 is 0 Å². The van der Waals surface area contributed by atoms with Crippen molar-refractivity contribution in [3.05, 3.63) is 35.1 Å². The van der Waals surface area contributed by atoms with E-state index < -0.39 is 5.82 Å². The van der Waals surface area contributed by atoms with Gasteiger partial charge in [0.15, 0.2) is 6.29 Å². The smallest absolute Gasteiger partial charge is 0.154 e. The molecule has 3 heteroatoms. The lowest BCUT2D eigenvalue weighted by molar-refractivity contribution is 0.111. The van der Waals surface area contributed by atoms with Crippen molar-refractivity contribution in [1.29, 1.82) is 5.26 Å². The summed E-state index contributed by atoms with van der Waals surface area (Å²) < 4.78 is 12.7. The molecule has 0 aliphatic heterocycles. The van der Waals surface area contributed by atoms with Crippen molar-refractivity contribution in [3.8, 4) is 6.07 Å². The van der Waals surface area contributed by atoms with Crippen molar-refractivity contribution in [2.45, 2.75) is 0 Å². The molecule has 54 valence electrons. The highest BCUT2D eigenvalue weighted by atomic mass is 19.1. The third kappa shape index (κ3) is 1.24. The van der Waals surface area contributed by atoms with Crippen LogP contribution in [0.25, 0.3) is 0 Å². The molecule has 11 heavy (non-hydrogen) atoms. The van der Waals surface area contributed by atoms with Crippen molar-refractivity contribution >= 4 is 6.29 Å². The Morgan fingerprint density at radius 1 is 1.55 bits per heavy atom. The lowest BCUT2D eigenvalue weighted by atomic mass is 10.1.